The Bertz CT molecular complexity index is 404. The number of aromatic nitrogens is 5. The Hall–Kier alpha value is -1.69. The molecule has 0 radical (unpaired) electrons. The lowest BCUT2D eigenvalue weighted by atomic mass is 10.4. The SMILES string of the molecule is Cn1ncc(-c2ncc(CO)[nH]2)n1. The normalized spacial score (nSPS) is 10.6. The van der Waals surface area contributed by atoms with Gasteiger partial charge in [0.15, 0.2) is 5.82 Å². The zero-order chi connectivity index (χ0) is 9.26. The van der Waals surface area contributed by atoms with E-state index in [0.29, 0.717) is 17.2 Å². The third-order valence-electron chi connectivity index (χ3n) is 1.64. The van der Waals surface area contributed by atoms with E-state index in [0.717, 1.165) is 0 Å². The summed E-state index contributed by atoms with van der Waals surface area (Å²) in [4.78, 5) is 8.41. The fraction of sp³-hybridized carbons (Fsp3) is 0.286. The summed E-state index contributed by atoms with van der Waals surface area (Å²) < 4.78 is 0. The third kappa shape index (κ3) is 1.43. The van der Waals surface area contributed by atoms with Gasteiger partial charge in [0.1, 0.15) is 5.69 Å². The fourth-order valence-corrected chi connectivity index (χ4v) is 1.02. The molecule has 0 saturated heterocycles. The van der Waals surface area contributed by atoms with Crippen molar-refractivity contribution in [1.29, 1.82) is 0 Å². The standard InChI is InChI=1S/C7H9N5O/c1-12-9-3-6(11-12)7-8-2-5(4-13)10-7/h2-3,13H,4H2,1H3,(H,8,10). The molecule has 0 fully saturated rings. The molecule has 0 unspecified atom stereocenters. The van der Waals surface area contributed by atoms with Crippen LogP contribution in [0.25, 0.3) is 11.5 Å². The maximum atomic E-state index is 8.79. The molecular formula is C7H9N5O. The summed E-state index contributed by atoms with van der Waals surface area (Å²) in [5, 5.41) is 16.8. The van der Waals surface area contributed by atoms with Crippen LogP contribution in [0.1, 0.15) is 5.69 Å². The van der Waals surface area contributed by atoms with Gasteiger partial charge in [-0.25, -0.2) is 4.98 Å². The van der Waals surface area contributed by atoms with Crippen molar-refractivity contribution in [1.82, 2.24) is 25.0 Å². The number of rotatable bonds is 2. The van der Waals surface area contributed by atoms with Gasteiger partial charge in [0.2, 0.25) is 0 Å². The molecular weight excluding hydrogens is 170 g/mol. The molecule has 2 heterocycles. The Morgan fingerprint density at radius 1 is 1.54 bits per heavy atom. The minimum absolute atomic E-state index is 0.0484. The molecule has 2 N–H and O–H groups in total. The average molecular weight is 179 g/mol. The van der Waals surface area contributed by atoms with Gasteiger partial charge in [0.05, 0.1) is 24.7 Å². The molecule has 0 saturated carbocycles. The van der Waals surface area contributed by atoms with Crippen molar-refractivity contribution < 1.29 is 5.11 Å². The Morgan fingerprint density at radius 3 is 2.92 bits per heavy atom. The van der Waals surface area contributed by atoms with Gasteiger partial charge in [-0.05, 0) is 0 Å². The molecule has 0 amide bonds. The van der Waals surface area contributed by atoms with Gasteiger partial charge in [0, 0.05) is 7.05 Å². The van der Waals surface area contributed by atoms with Crippen molar-refractivity contribution in [2.75, 3.05) is 0 Å². The number of hydrogen-bond acceptors (Lipinski definition) is 4. The molecule has 0 aliphatic rings. The summed E-state index contributed by atoms with van der Waals surface area (Å²) in [6, 6.07) is 0. The van der Waals surface area contributed by atoms with Crippen LogP contribution in [-0.2, 0) is 13.7 Å². The van der Waals surface area contributed by atoms with E-state index in [2.05, 4.69) is 20.2 Å². The first-order valence-corrected chi connectivity index (χ1v) is 3.81. The molecule has 13 heavy (non-hydrogen) atoms. The van der Waals surface area contributed by atoms with E-state index in [1.54, 1.807) is 19.4 Å². The molecule has 0 bridgehead atoms. The van der Waals surface area contributed by atoms with Crippen LogP contribution in [0, 0.1) is 0 Å². The second-order valence-electron chi connectivity index (χ2n) is 2.63. The number of aliphatic hydroxyl groups is 1. The minimum Gasteiger partial charge on any atom is -0.390 e. The van der Waals surface area contributed by atoms with Crippen molar-refractivity contribution in [3.63, 3.8) is 0 Å². The summed E-state index contributed by atoms with van der Waals surface area (Å²) in [7, 11) is 1.74. The van der Waals surface area contributed by atoms with E-state index in [-0.39, 0.29) is 6.61 Å². The van der Waals surface area contributed by atoms with E-state index in [4.69, 9.17) is 5.11 Å². The number of aryl methyl sites for hydroxylation is 1. The molecule has 2 aromatic rings. The summed E-state index contributed by atoms with van der Waals surface area (Å²) in [6.07, 6.45) is 3.18. The highest BCUT2D eigenvalue weighted by Crippen LogP contribution is 2.10. The zero-order valence-corrected chi connectivity index (χ0v) is 7.10. The lowest BCUT2D eigenvalue weighted by Crippen LogP contribution is -1.92. The quantitative estimate of drug-likeness (QED) is 0.663. The number of nitrogens with one attached hydrogen (secondary N) is 1. The largest absolute Gasteiger partial charge is 0.390 e. The van der Waals surface area contributed by atoms with Crippen molar-refractivity contribution in [2.45, 2.75) is 6.61 Å². The number of aromatic amines is 1. The van der Waals surface area contributed by atoms with Crippen LogP contribution in [0.15, 0.2) is 12.4 Å². The molecule has 2 aromatic heterocycles. The number of aliphatic hydroxyl groups excluding tert-OH is 1. The van der Waals surface area contributed by atoms with Crippen molar-refractivity contribution in [3.05, 3.63) is 18.1 Å². The minimum atomic E-state index is -0.0484. The highest BCUT2D eigenvalue weighted by Gasteiger charge is 2.05. The van der Waals surface area contributed by atoms with Crippen LogP contribution in [0.4, 0.5) is 0 Å². The highest BCUT2D eigenvalue weighted by molar-refractivity contribution is 5.46. The van der Waals surface area contributed by atoms with Crippen LogP contribution in [0.5, 0.6) is 0 Å². The van der Waals surface area contributed by atoms with Gasteiger partial charge in [0.25, 0.3) is 0 Å². The second kappa shape index (κ2) is 2.98. The molecule has 68 valence electrons. The van der Waals surface area contributed by atoms with Crippen LogP contribution in [-0.4, -0.2) is 30.1 Å². The molecule has 2 rings (SSSR count). The number of imidazole rings is 1. The van der Waals surface area contributed by atoms with Crippen molar-refractivity contribution in [2.24, 2.45) is 7.05 Å². The van der Waals surface area contributed by atoms with Gasteiger partial charge in [-0.15, -0.1) is 0 Å². The maximum absolute atomic E-state index is 8.79. The summed E-state index contributed by atoms with van der Waals surface area (Å²) >= 11 is 0. The topological polar surface area (TPSA) is 79.6 Å². The summed E-state index contributed by atoms with van der Waals surface area (Å²) in [5.41, 5.74) is 1.34. The number of H-pyrrole nitrogens is 1. The molecule has 6 nitrogen and oxygen atoms in total. The first kappa shape index (κ1) is 7.93. The van der Waals surface area contributed by atoms with E-state index >= 15 is 0 Å². The third-order valence-corrected chi connectivity index (χ3v) is 1.64. The van der Waals surface area contributed by atoms with Gasteiger partial charge < -0.3 is 10.1 Å². The number of nitrogens with zero attached hydrogens (tertiary/aromatic N) is 4. The van der Waals surface area contributed by atoms with Gasteiger partial charge in [-0.3, -0.25) is 0 Å². The Labute approximate surface area is 74.2 Å². The van der Waals surface area contributed by atoms with E-state index in [1.165, 1.54) is 4.80 Å². The monoisotopic (exact) mass is 179 g/mol. The van der Waals surface area contributed by atoms with Gasteiger partial charge in [-0.1, -0.05) is 0 Å². The zero-order valence-electron chi connectivity index (χ0n) is 7.10. The summed E-state index contributed by atoms with van der Waals surface area (Å²) in [5.74, 6) is 0.622. The second-order valence-corrected chi connectivity index (χ2v) is 2.63. The lowest BCUT2D eigenvalue weighted by molar-refractivity contribution is 0.277. The smallest absolute Gasteiger partial charge is 0.159 e. The molecule has 0 aliphatic heterocycles. The molecule has 0 spiro atoms. The van der Waals surface area contributed by atoms with Crippen molar-refractivity contribution in [3.8, 4) is 11.5 Å². The van der Waals surface area contributed by atoms with E-state index in [9.17, 15) is 0 Å². The van der Waals surface area contributed by atoms with E-state index < -0.39 is 0 Å². The van der Waals surface area contributed by atoms with Gasteiger partial charge >= 0.3 is 0 Å². The molecule has 0 aromatic carbocycles. The summed E-state index contributed by atoms with van der Waals surface area (Å²) in [6.45, 7) is -0.0484. The first-order chi connectivity index (χ1) is 6.29. The lowest BCUT2D eigenvalue weighted by Gasteiger charge is -1.87. The van der Waals surface area contributed by atoms with E-state index in [1.807, 2.05) is 0 Å². The Balaban J connectivity index is 2.35. The van der Waals surface area contributed by atoms with Crippen molar-refractivity contribution >= 4 is 0 Å². The van der Waals surface area contributed by atoms with Crippen LogP contribution in [0.2, 0.25) is 0 Å². The van der Waals surface area contributed by atoms with Crippen LogP contribution < -0.4 is 0 Å². The fourth-order valence-electron chi connectivity index (χ4n) is 1.02. The predicted molar refractivity (Wildman–Crippen MR) is 44.5 cm³/mol. The van der Waals surface area contributed by atoms with Crippen LogP contribution in [0.3, 0.4) is 0 Å². The molecule has 0 atom stereocenters. The van der Waals surface area contributed by atoms with Crippen LogP contribution >= 0.6 is 0 Å². The highest BCUT2D eigenvalue weighted by atomic mass is 16.3. The molecule has 0 aliphatic carbocycles. The first-order valence-electron chi connectivity index (χ1n) is 3.81. The Kier molecular flexibility index (Phi) is 1.82. The van der Waals surface area contributed by atoms with Gasteiger partial charge in [-0.2, -0.15) is 15.0 Å². The number of hydrogen-bond donors (Lipinski definition) is 2. The average Bonchev–Trinajstić information content (AvgIpc) is 2.71. The predicted octanol–water partition coefficient (Wildman–Crippen LogP) is -0.303. The maximum Gasteiger partial charge on any atom is 0.159 e. The molecule has 6 heteroatoms. The Morgan fingerprint density at radius 2 is 2.38 bits per heavy atom.